The van der Waals surface area contributed by atoms with Gasteiger partial charge < -0.3 is 10.2 Å². The van der Waals surface area contributed by atoms with E-state index in [1.54, 1.807) is 30.4 Å². The third-order valence-electron chi connectivity index (χ3n) is 5.02. The van der Waals surface area contributed by atoms with Crippen molar-refractivity contribution in [3.63, 3.8) is 0 Å². The first-order valence-electron chi connectivity index (χ1n) is 8.22. The van der Waals surface area contributed by atoms with Crippen LogP contribution < -0.4 is 0 Å². The average Bonchev–Trinajstić information content (AvgIpc) is 2.60. The standard InChI is InChI=1S/C21H19NO3/c22-15-20(11-5-12-20)21(25,18-8-2-1-3-9-18)13-10-16-6-4-7-17(14-16)19(23)24/h1-4,6-10,13-14,25H,5,11-12H2,(H,23,24)/b13-10+/t21-/m0/s1. The molecule has 4 heteroatoms. The molecular formula is C21H19NO3. The molecular weight excluding hydrogens is 314 g/mol. The minimum Gasteiger partial charge on any atom is -0.478 e. The van der Waals surface area contributed by atoms with Gasteiger partial charge in [-0.05, 0) is 48.6 Å². The number of aliphatic hydroxyl groups is 1. The van der Waals surface area contributed by atoms with E-state index in [9.17, 15) is 15.2 Å². The molecule has 0 saturated heterocycles. The number of nitrogens with zero attached hydrogens (tertiary/aromatic N) is 1. The summed E-state index contributed by atoms with van der Waals surface area (Å²) in [5.41, 5.74) is -0.747. The maximum Gasteiger partial charge on any atom is 0.335 e. The fourth-order valence-electron chi connectivity index (χ4n) is 3.32. The van der Waals surface area contributed by atoms with Crippen molar-refractivity contribution in [3.05, 3.63) is 77.4 Å². The summed E-state index contributed by atoms with van der Waals surface area (Å²) in [6.07, 6.45) is 5.50. The highest BCUT2D eigenvalue weighted by molar-refractivity contribution is 5.88. The maximum atomic E-state index is 11.5. The third-order valence-corrected chi connectivity index (χ3v) is 5.02. The van der Waals surface area contributed by atoms with E-state index in [2.05, 4.69) is 6.07 Å². The Labute approximate surface area is 146 Å². The number of carbonyl (C=O) groups is 1. The Morgan fingerprint density at radius 3 is 2.44 bits per heavy atom. The van der Waals surface area contributed by atoms with Crippen LogP contribution in [0.15, 0.2) is 60.7 Å². The Balaban J connectivity index is 2.03. The summed E-state index contributed by atoms with van der Waals surface area (Å²) >= 11 is 0. The monoisotopic (exact) mass is 333 g/mol. The van der Waals surface area contributed by atoms with Crippen molar-refractivity contribution in [2.45, 2.75) is 24.9 Å². The van der Waals surface area contributed by atoms with E-state index in [4.69, 9.17) is 5.11 Å². The zero-order chi connectivity index (χ0) is 17.9. The molecule has 0 bridgehead atoms. The van der Waals surface area contributed by atoms with Crippen molar-refractivity contribution < 1.29 is 15.0 Å². The van der Waals surface area contributed by atoms with Gasteiger partial charge in [0.25, 0.3) is 0 Å². The van der Waals surface area contributed by atoms with Gasteiger partial charge in [0, 0.05) is 0 Å². The minimum atomic E-state index is -1.42. The molecule has 2 N–H and O–H groups in total. The van der Waals surface area contributed by atoms with E-state index >= 15 is 0 Å². The fourth-order valence-corrected chi connectivity index (χ4v) is 3.32. The third kappa shape index (κ3) is 2.95. The van der Waals surface area contributed by atoms with Crippen LogP contribution >= 0.6 is 0 Å². The summed E-state index contributed by atoms with van der Waals surface area (Å²) in [5, 5.41) is 30.3. The van der Waals surface area contributed by atoms with E-state index in [1.807, 2.05) is 30.3 Å². The largest absolute Gasteiger partial charge is 0.478 e. The molecule has 0 amide bonds. The van der Waals surface area contributed by atoms with E-state index < -0.39 is 17.0 Å². The molecule has 2 aromatic rings. The van der Waals surface area contributed by atoms with Crippen LogP contribution in [0.5, 0.6) is 0 Å². The Bertz CT molecular complexity index is 847. The molecule has 2 aromatic carbocycles. The summed E-state index contributed by atoms with van der Waals surface area (Å²) in [6.45, 7) is 0. The molecule has 0 unspecified atom stereocenters. The number of aromatic carboxylic acids is 1. The van der Waals surface area contributed by atoms with Gasteiger partial charge >= 0.3 is 5.97 Å². The van der Waals surface area contributed by atoms with Crippen molar-refractivity contribution in [3.8, 4) is 6.07 Å². The molecule has 1 fully saturated rings. The summed E-state index contributed by atoms with van der Waals surface area (Å²) in [4.78, 5) is 11.1. The lowest BCUT2D eigenvalue weighted by molar-refractivity contribution is -0.0606. The van der Waals surface area contributed by atoms with Crippen LogP contribution in [0.4, 0.5) is 0 Å². The highest BCUT2D eigenvalue weighted by Gasteiger charge is 2.54. The quantitative estimate of drug-likeness (QED) is 0.867. The number of hydrogen-bond acceptors (Lipinski definition) is 3. The Morgan fingerprint density at radius 2 is 1.88 bits per heavy atom. The van der Waals surface area contributed by atoms with Crippen LogP contribution in [0.2, 0.25) is 0 Å². The summed E-state index contributed by atoms with van der Waals surface area (Å²) in [6, 6.07) is 18.0. The Kier molecular flexibility index (Phi) is 4.43. The van der Waals surface area contributed by atoms with Crippen molar-refractivity contribution in [1.82, 2.24) is 0 Å². The zero-order valence-corrected chi connectivity index (χ0v) is 13.7. The molecule has 1 aliphatic rings. The molecule has 0 radical (unpaired) electrons. The van der Waals surface area contributed by atoms with E-state index in [0.717, 1.165) is 6.42 Å². The lowest BCUT2D eigenvalue weighted by Crippen LogP contribution is -2.48. The van der Waals surface area contributed by atoms with Gasteiger partial charge in [-0.15, -0.1) is 0 Å². The molecule has 0 aliphatic heterocycles. The smallest absolute Gasteiger partial charge is 0.335 e. The normalized spacial score (nSPS) is 18.1. The first kappa shape index (κ1) is 16.9. The van der Waals surface area contributed by atoms with E-state index in [0.29, 0.717) is 24.0 Å². The van der Waals surface area contributed by atoms with Crippen LogP contribution in [-0.4, -0.2) is 16.2 Å². The molecule has 1 saturated carbocycles. The number of nitriles is 1. The van der Waals surface area contributed by atoms with Gasteiger partial charge in [-0.25, -0.2) is 4.79 Å². The average molecular weight is 333 g/mol. The van der Waals surface area contributed by atoms with Gasteiger partial charge in [-0.1, -0.05) is 48.5 Å². The summed E-state index contributed by atoms with van der Waals surface area (Å²) in [7, 11) is 0. The number of carboxylic acids is 1. The first-order chi connectivity index (χ1) is 12.0. The van der Waals surface area contributed by atoms with Crippen LogP contribution in [0.3, 0.4) is 0 Å². The minimum absolute atomic E-state index is 0.184. The second-order valence-electron chi connectivity index (χ2n) is 6.44. The number of hydrogen-bond donors (Lipinski definition) is 2. The predicted molar refractivity (Wildman–Crippen MR) is 94.7 cm³/mol. The van der Waals surface area contributed by atoms with Crippen LogP contribution in [0.25, 0.3) is 6.08 Å². The number of rotatable bonds is 5. The van der Waals surface area contributed by atoms with Crippen LogP contribution in [0.1, 0.15) is 40.7 Å². The molecule has 0 aromatic heterocycles. The first-order valence-corrected chi connectivity index (χ1v) is 8.22. The second-order valence-corrected chi connectivity index (χ2v) is 6.44. The van der Waals surface area contributed by atoms with Gasteiger partial charge in [-0.3, -0.25) is 0 Å². The van der Waals surface area contributed by atoms with Gasteiger partial charge in [0.05, 0.1) is 17.0 Å². The summed E-state index contributed by atoms with van der Waals surface area (Å²) < 4.78 is 0. The molecule has 25 heavy (non-hydrogen) atoms. The fraction of sp³-hybridized carbons (Fsp3) is 0.238. The highest BCUT2D eigenvalue weighted by Crippen LogP contribution is 2.54. The zero-order valence-electron chi connectivity index (χ0n) is 13.7. The molecule has 0 spiro atoms. The number of carboxylic acid groups (broad SMARTS) is 1. The Morgan fingerprint density at radius 1 is 1.16 bits per heavy atom. The molecule has 1 aliphatic carbocycles. The SMILES string of the molecule is N#CC1([C@](O)(/C=C/c2cccc(C(=O)O)c2)c2ccccc2)CCC1. The summed E-state index contributed by atoms with van der Waals surface area (Å²) in [5.74, 6) is -0.999. The lowest BCUT2D eigenvalue weighted by Gasteiger charge is -2.47. The van der Waals surface area contributed by atoms with Gasteiger partial charge in [-0.2, -0.15) is 5.26 Å². The Hall–Kier alpha value is -2.90. The number of benzene rings is 2. The maximum absolute atomic E-state index is 11.5. The molecule has 3 rings (SSSR count). The van der Waals surface area contributed by atoms with Gasteiger partial charge in [0.1, 0.15) is 5.60 Å². The van der Waals surface area contributed by atoms with Crippen LogP contribution in [-0.2, 0) is 5.60 Å². The van der Waals surface area contributed by atoms with Crippen molar-refractivity contribution in [2.24, 2.45) is 5.41 Å². The van der Waals surface area contributed by atoms with E-state index in [-0.39, 0.29) is 5.56 Å². The predicted octanol–water partition coefficient (Wildman–Crippen LogP) is 3.98. The molecule has 1 atom stereocenters. The van der Waals surface area contributed by atoms with Crippen molar-refractivity contribution >= 4 is 12.0 Å². The van der Waals surface area contributed by atoms with Gasteiger partial charge in [0.15, 0.2) is 0 Å². The van der Waals surface area contributed by atoms with Crippen LogP contribution in [0, 0.1) is 16.7 Å². The van der Waals surface area contributed by atoms with E-state index in [1.165, 1.54) is 6.07 Å². The second kappa shape index (κ2) is 6.54. The molecule has 0 heterocycles. The van der Waals surface area contributed by atoms with Gasteiger partial charge in [0.2, 0.25) is 0 Å². The lowest BCUT2D eigenvalue weighted by atomic mass is 9.57. The van der Waals surface area contributed by atoms with Crippen molar-refractivity contribution in [2.75, 3.05) is 0 Å². The topological polar surface area (TPSA) is 81.3 Å². The molecule has 126 valence electrons. The molecule has 4 nitrogen and oxygen atoms in total. The highest BCUT2D eigenvalue weighted by atomic mass is 16.4. The van der Waals surface area contributed by atoms with Crippen molar-refractivity contribution in [1.29, 1.82) is 5.26 Å².